The largest absolute Gasteiger partial charge is 0.345 e. The van der Waals surface area contributed by atoms with Gasteiger partial charge in [-0.05, 0) is 18.2 Å². The molecule has 0 spiro atoms. The number of fused-ring (bicyclic) bond motifs is 1. The fraction of sp³-hybridized carbons (Fsp3) is 0.167. The molecule has 0 saturated heterocycles. The Morgan fingerprint density at radius 3 is 2.83 bits per heavy atom. The first-order chi connectivity index (χ1) is 14.2. The van der Waals surface area contributed by atoms with Crippen LogP contribution in [0.5, 0.6) is 0 Å². The van der Waals surface area contributed by atoms with Crippen molar-refractivity contribution in [1.82, 2.24) is 14.3 Å². The molecule has 156 valence electrons. The number of hydrogen-bond acceptors (Lipinski definition) is 5. The van der Waals surface area contributed by atoms with Crippen molar-refractivity contribution < 1.29 is 22.0 Å². The van der Waals surface area contributed by atoms with Gasteiger partial charge in [0.2, 0.25) is 5.78 Å². The molecule has 0 aliphatic rings. The lowest BCUT2D eigenvalue weighted by Crippen LogP contribution is -2.33. The van der Waals surface area contributed by atoms with Crippen molar-refractivity contribution in [3.8, 4) is 6.07 Å². The number of aromatic nitrogens is 2. The molecule has 12 heteroatoms. The van der Waals surface area contributed by atoms with Crippen molar-refractivity contribution >= 4 is 44.3 Å². The van der Waals surface area contributed by atoms with Gasteiger partial charge in [0, 0.05) is 43.4 Å². The highest BCUT2D eigenvalue weighted by Crippen LogP contribution is 2.28. The molecule has 0 aliphatic carbocycles. The first-order valence-corrected chi connectivity index (χ1v) is 10.2. The number of H-pyrrole nitrogens is 1. The van der Waals surface area contributed by atoms with Gasteiger partial charge in [-0.15, -0.1) is 0 Å². The summed E-state index contributed by atoms with van der Waals surface area (Å²) in [5.74, 6) is -3.55. The Morgan fingerprint density at radius 2 is 2.13 bits per heavy atom. The number of benzene rings is 1. The van der Waals surface area contributed by atoms with Crippen molar-refractivity contribution in [2.75, 3.05) is 18.3 Å². The summed E-state index contributed by atoms with van der Waals surface area (Å²) >= 11 is 5.89. The summed E-state index contributed by atoms with van der Waals surface area (Å²) in [6, 6.07) is 4.86. The number of halogens is 3. The van der Waals surface area contributed by atoms with Crippen LogP contribution in [0.2, 0.25) is 5.02 Å². The zero-order valence-electron chi connectivity index (χ0n) is 15.4. The van der Waals surface area contributed by atoms with Crippen LogP contribution in [-0.4, -0.2) is 42.1 Å². The van der Waals surface area contributed by atoms with Gasteiger partial charge in [-0.3, -0.25) is 9.52 Å². The smallest absolute Gasteiger partial charge is 0.301 e. The lowest BCUT2D eigenvalue weighted by molar-refractivity contribution is 0.103. The van der Waals surface area contributed by atoms with Crippen LogP contribution < -0.4 is 4.72 Å². The molecule has 2 N–H and O–H groups in total. The number of anilines is 1. The molecule has 0 unspecified atom stereocenters. The summed E-state index contributed by atoms with van der Waals surface area (Å²) in [7, 11) is -3.04. The summed E-state index contributed by atoms with van der Waals surface area (Å²) in [6.07, 6.45) is 2.50. The van der Waals surface area contributed by atoms with Crippen molar-refractivity contribution in [2.24, 2.45) is 0 Å². The minimum atomic E-state index is -4.23. The van der Waals surface area contributed by atoms with Crippen LogP contribution in [0.15, 0.2) is 30.6 Å². The quantitative estimate of drug-likeness (QED) is 0.532. The highest BCUT2D eigenvalue weighted by molar-refractivity contribution is 7.90. The third-order valence-corrected chi connectivity index (χ3v) is 5.94. The number of carbonyl (C=O) groups is 1. The van der Waals surface area contributed by atoms with E-state index in [-0.39, 0.29) is 28.9 Å². The minimum Gasteiger partial charge on any atom is -0.345 e. The number of ketones is 1. The number of carbonyl (C=O) groups excluding carboxylic acids is 1. The van der Waals surface area contributed by atoms with Gasteiger partial charge in [0.05, 0.1) is 22.3 Å². The van der Waals surface area contributed by atoms with E-state index in [0.29, 0.717) is 5.65 Å². The first kappa shape index (κ1) is 21.6. The van der Waals surface area contributed by atoms with E-state index in [2.05, 4.69) is 9.97 Å². The lowest BCUT2D eigenvalue weighted by atomic mass is 10.0. The van der Waals surface area contributed by atoms with Gasteiger partial charge in [-0.2, -0.15) is 18.0 Å². The molecule has 0 saturated carbocycles. The highest BCUT2D eigenvalue weighted by atomic mass is 35.5. The second-order valence-corrected chi connectivity index (χ2v) is 8.42. The third-order valence-electron chi connectivity index (χ3n) is 4.25. The average Bonchev–Trinajstić information content (AvgIpc) is 3.11. The number of nitriles is 1. The SMILES string of the molecule is CN(CCC#N)S(=O)(=O)Nc1ccc(F)c(C(=O)c2c[nH]c3ncc(Cl)cc23)c1F. The third kappa shape index (κ3) is 4.11. The van der Waals surface area contributed by atoms with Crippen LogP contribution in [-0.2, 0) is 10.2 Å². The Balaban J connectivity index is 2.01. The molecule has 3 rings (SSSR count). The second kappa shape index (κ2) is 8.35. The van der Waals surface area contributed by atoms with Crippen molar-refractivity contribution in [3.05, 3.63) is 58.4 Å². The molecule has 0 fully saturated rings. The summed E-state index contributed by atoms with van der Waals surface area (Å²) < 4.78 is 56.7. The van der Waals surface area contributed by atoms with Crippen LogP contribution in [0, 0.1) is 23.0 Å². The maximum Gasteiger partial charge on any atom is 0.301 e. The fourth-order valence-electron chi connectivity index (χ4n) is 2.68. The van der Waals surface area contributed by atoms with Gasteiger partial charge in [0.25, 0.3) is 0 Å². The van der Waals surface area contributed by atoms with Gasteiger partial charge in [-0.25, -0.2) is 13.8 Å². The van der Waals surface area contributed by atoms with E-state index in [1.54, 1.807) is 6.07 Å². The summed E-state index contributed by atoms with van der Waals surface area (Å²) in [5, 5.41) is 9.06. The monoisotopic (exact) mass is 453 g/mol. The normalized spacial score (nSPS) is 11.6. The molecule has 0 radical (unpaired) electrons. The molecule has 0 amide bonds. The van der Waals surface area contributed by atoms with Crippen LogP contribution in [0.1, 0.15) is 22.3 Å². The van der Waals surface area contributed by atoms with E-state index in [9.17, 15) is 22.0 Å². The van der Waals surface area contributed by atoms with Gasteiger partial charge in [-0.1, -0.05) is 11.6 Å². The van der Waals surface area contributed by atoms with Crippen molar-refractivity contribution in [2.45, 2.75) is 6.42 Å². The zero-order valence-corrected chi connectivity index (χ0v) is 17.0. The predicted molar refractivity (Wildman–Crippen MR) is 106 cm³/mol. The number of aromatic amines is 1. The number of rotatable bonds is 7. The maximum atomic E-state index is 15.0. The van der Waals surface area contributed by atoms with Crippen LogP contribution in [0.25, 0.3) is 11.0 Å². The number of hydrogen-bond donors (Lipinski definition) is 2. The predicted octanol–water partition coefficient (Wildman–Crippen LogP) is 3.23. The van der Waals surface area contributed by atoms with E-state index < -0.39 is 38.9 Å². The van der Waals surface area contributed by atoms with Gasteiger partial charge in [0.1, 0.15) is 11.5 Å². The number of nitrogens with zero attached hydrogens (tertiary/aromatic N) is 3. The second-order valence-electron chi connectivity index (χ2n) is 6.20. The molecular weight excluding hydrogens is 440 g/mol. The fourth-order valence-corrected chi connectivity index (χ4v) is 3.77. The molecule has 8 nitrogen and oxygen atoms in total. The van der Waals surface area contributed by atoms with E-state index in [4.69, 9.17) is 16.9 Å². The molecule has 0 aliphatic heterocycles. The first-order valence-electron chi connectivity index (χ1n) is 8.42. The molecular formula is C18H14ClF2N5O3S. The Morgan fingerprint density at radius 1 is 1.40 bits per heavy atom. The molecule has 0 atom stereocenters. The minimum absolute atomic E-state index is 0.0792. The van der Waals surface area contributed by atoms with Crippen molar-refractivity contribution in [3.63, 3.8) is 0 Å². The zero-order chi connectivity index (χ0) is 22.1. The molecule has 2 heterocycles. The Bertz CT molecular complexity index is 1290. The maximum absolute atomic E-state index is 15.0. The van der Waals surface area contributed by atoms with Gasteiger partial charge >= 0.3 is 10.2 Å². The Labute approximate surface area is 175 Å². The van der Waals surface area contributed by atoms with Crippen LogP contribution in [0.4, 0.5) is 14.5 Å². The molecule has 2 aromatic heterocycles. The lowest BCUT2D eigenvalue weighted by Gasteiger charge is -2.18. The van der Waals surface area contributed by atoms with Crippen LogP contribution in [0.3, 0.4) is 0 Å². The standard InChI is InChI=1S/C18H14ClF2N5O3S/c1-26(6-2-5-22)30(28,29)25-14-4-3-13(20)15(16(14)21)17(27)12-9-24-18-11(12)7-10(19)8-23-18/h3-4,7-9,25H,2,6H2,1H3,(H,23,24). The van der Waals surface area contributed by atoms with Gasteiger partial charge < -0.3 is 4.98 Å². The summed E-state index contributed by atoms with van der Waals surface area (Å²) in [6.45, 7) is -0.135. The Kier molecular flexibility index (Phi) is 6.02. The van der Waals surface area contributed by atoms with E-state index >= 15 is 0 Å². The molecule has 0 bridgehead atoms. The number of nitrogens with one attached hydrogen (secondary N) is 2. The summed E-state index contributed by atoms with van der Waals surface area (Å²) in [4.78, 5) is 19.6. The average molecular weight is 454 g/mol. The van der Waals surface area contributed by atoms with E-state index in [1.165, 1.54) is 25.5 Å². The Hall–Kier alpha value is -3.07. The van der Waals surface area contributed by atoms with Crippen molar-refractivity contribution in [1.29, 1.82) is 5.26 Å². The number of pyridine rings is 1. The van der Waals surface area contributed by atoms with Gasteiger partial charge in [0.15, 0.2) is 5.82 Å². The van der Waals surface area contributed by atoms with E-state index in [1.807, 2.05) is 4.72 Å². The molecule has 3 aromatic rings. The topological polar surface area (TPSA) is 119 Å². The summed E-state index contributed by atoms with van der Waals surface area (Å²) in [5.41, 5.74) is -1.33. The highest BCUT2D eigenvalue weighted by Gasteiger charge is 2.27. The molecule has 1 aromatic carbocycles. The van der Waals surface area contributed by atoms with E-state index in [0.717, 1.165) is 16.4 Å². The molecule has 30 heavy (non-hydrogen) atoms. The van der Waals surface area contributed by atoms with Crippen LogP contribution >= 0.6 is 11.6 Å².